The van der Waals surface area contributed by atoms with Crippen LogP contribution in [0, 0.1) is 11.3 Å². The molecule has 0 spiro atoms. The zero-order chi connectivity index (χ0) is 20.4. The maximum atomic E-state index is 12.2. The molecule has 0 radical (unpaired) electrons. The van der Waals surface area contributed by atoms with E-state index >= 15 is 0 Å². The number of carbonyl (C=O) groups is 3. The van der Waals surface area contributed by atoms with Crippen LogP contribution < -0.4 is 10.6 Å². The lowest BCUT2D eigenvalue weighted by Gasteiger charge is -2.15. The monoisotopic (exact) mass is 384 g/mol. The molecule has 1 aromatic carbocycles. The van der Waals surface area contributed by atoms with Crippen molar-refractivity contribution in [2.24, 2.45) is 0 Å². The lowest BCUT2D eigenvalue weighted by atomic mass is 10.2. The molecule has 1 fully saturated rings. The van der Waals surface area contributed by atoms with Gasteiger partial charge >= 0.3 is 5.97 Å². The van der Waals surface area contributed by atoms with Crippen LogP contribution in [-0.4, -0.2) is 48.9 Å². The molecule has 8 heteroatoms. The Morgan fingerprint density at radius 1 is 1.36 bits per heavy atom. The summed E-state index contributed by atoms with van der Waals surface area (Å²) in [5.41, 5.74) is 0.638. The zero-order valence-electron chi connectivity index (χ0n) is 15.9. The molecule has 148 valence electrons. The van der Waals surface area contributed by atoms with Gasteiger partial charge in [0, 0.05) is 32.3 Å². The summed E-state index contributed by atoms with van der Waals surface area (Å²) in [4.78, 5) is 37.4. The number of likely N-dealkylation sites (tertiary alicyclic amines) is 1. The van der Waals surface area contributed by atoms with E-state index in [1.807, 2.05) is 6.07 Å². The Bertz CT molecular complexity index is 798. The van der Waals surface area contributed by atoms with Crippen molar-refractivity contribution < 1.29 is 19.1 Å². The van der Waals surface area contributed by atoms with Gasteiger partial charge in [-0.3, -0.25) is 9.59 Å². The van der Waals surface area contributed by atoms with Gasteiger partial charge in [0.2, 0.25) is 5.91 Å². The molecule has 1 aliphatic heterocycles. The summed E-state index contributed by atoms with van der Waals surface area (Å²) in [5, 5.41) is 14.7. The van der Waals surface area contributed by atoms with E-state index in [4.69, 9.17) is 4.74 Å². The molecule has 1 aliphatic rings. The third-order valence-electron chi connectivity index (χ3n) is 4.22. The molecule has 0 aromatic heterocycles. The van der Waals surface area contributed by atoms with Gasteiger partial charge in [-0.1, -0.05) is 12.1 Å². The molecule has 1 aromatic rings. The van der Waals surface area contributed by atoms with Crippen LogP contribution >= 0.6 is 0 Å². The summed E-state index contributed by atoms with van der Waals surface area (Å²) in [6.07, 6.45) is 3.35. The third kappa shape index (κ3) is 5.84. The van der Waals surface area contributed by atoms with Gasteiger partial charge in [-0.2, -0.15) is 5.26 Å². The maximum Gasteiger partial charge on any atom is 0.340 e. The number of anilines is 1. The Kier molecular flexibility index (Phi) is 8.03. The summed E-state index contributed by atoms with van der Waals surface area (Å²) in [5.74, 6) is -0.858. The number of ether oxygens (including phenoxy) is 1. The average Bonchev–Trinajstić information content (AvgIpc) is 3.11. The molecule has 0 atom stereocenters. The van der Waals surface area contributed by atoms with Crippen LogP contribution in [0.4, 0.5) is 5.69 Å². The van der Waals surface area contributed by atoms with Crippen LogP contribution in [0.15, 0.2) is 36.0 Å². The van der Waals surface area contributed by atoms with Gasteiger partial charge in [0.25, 0.3) is 5.91 Å². The summed E-state index contributed by atoms with van der Waals surface area (Å²) >= 11 is 0. The fourth-order valence-corrected chi connectivity index (χ4v) is 2.80. The van der Waals surface area contributed by atoms with E-state index in [1.165, 1.54) is 6.20 Å². The normalized spacial score (nSPS) is 13.8. The predicted octanol–water partition coefficient (Wildman–Crippen LogP) is 1.81. The maximum absolute atomic E-state index is 12.2. The molecular formula is C20H24N4O4. The van der Waals surface area contributed by atoms with Crippen LogP contribution in [0.5, 0.6) is 0 Å². The van der Waals surface area contributed by atoms with E-state index in [-0.39, 0.29) is 18.1 Å². The summed E-state index contributed by atoms with van der Waals surface area (Å²) in [6.45, 7) is 3.68. The Hall–Kier alpha value is -3.34. The van der Waals surface area contributed by atoms with Gasteiger partial charge < -0.3 is 20.3 Å². The fourth-order valence-electron chi connectivity index (χ4n) is 2.80. The number of hydrogen-bond donors (Lipinski definition) is 2. The lowest BCUT2D eigenvalue weighted by Crippen LogP contribution is -2.31. The topological polar surface area (TPSA) is 112 Å². The number of amides is 2. The number of carbonyl (C=O) groups excluding carboxylic acids is 3. The predicted molar refractivity (Wildman–Crippen MR) is 103 cm³/mol. The average molecular weight is 384 g/mol. The molecule has 2 amide bonds. The first-order chi connectivity index (χ1) is 13.6. The molecule has 1 heterocycles. The molecule has 8 nitrogen and oxygen atoms in total. The SMILES string of the molecule is CCOC(=O)c1ccccc1N/C=C(/C#N)C(=O)NCCCN1CCCC1=O. The second-order valence-electron chi connectivity index (χ2n) is 6.17. The van der Waals surface area contributed by atoms with Crippen LogP contribution in [0.3, 0.4) is 0 Å². The minimum Gasteiger partial charge on any atom is -0.462 e. The molecule has 2 rings (SSSR count). The van der Waals surface area contributed by atoms with E-state index < -0.39 is 11.9 Å². The first-order valence-electron chi connectivity index (χ1n) is 9.25. The Morgan fingerprint density at radius 3 is 2.82 bits per heavy atom. The minimum absolute atomic E-state index is 0.115. The van der Waals surface area contributed by atoms with E-state index in [0.29, 0.717) is 37.2 Å². The van der Waals surface area contributed by atoms with Crippen molar-refractivity contribution in [2.75, 3.05) is 31.6 Å². The van der Waals surface area contributed by atoms with Gasteiger partial charge in [-0.25, -0.2) is 4.79 Å². The van der Waals surface area contributed by atoms with E-state index in [1.54, 1.807) is 36.1 Å². The van der Waals surface area contributed by atoms with Gasteiger partial charge in [-0.15, -0.1) is 0 Å². The highest BCUT2D eigenvalue weighted by Gasteiger charge is 2.19. The standard InChI is InChI=1S/C20H24N4O4/c1-2-28-20(27)16-7-3-4-8-17(16)23-14-15(13-21)19(26)22-10-6-12-24-11-5-9-18(24)25/h3-4,7-8,14,23H,2,5-6,9-12H2,1H3,(H,22,26)/b15-14-. The summed E-state index contributed by atoms with van der Waals surface area (Å²) in [6, 6.07) is 8.52. The molecule has 0 unspecified atom stereocenters. The van der Waals surface area contributed by atoms with E-state index in [9.17, 15) is 19.6 Å². The molecule has 1 saturated heterocycles. The van der Waals surface area contributed by atoms with Crippen LogP contribution in [0.25, 0.3) is 0 Å². The number of hydrogen-bond acceptors (Lipinski definition) is 6. The largest absolute Gasteiger partial charge is 0.462 e. The van der Waals surface area contributed by atoms with Crippen molar-refractivity contribution in [3.05, 3.63) is 41.6 Å². The van der Waals surface area contributed by atoms with E-state index in [0.717, 1.165) is 13.0 Å². The molecule has 0 saturated carbocycles. The molecule has 2 N–H and O–H groups in total. The van der Waals surface area contributed by atoms with Crippen molar-refractivity contribution in [2.45, 2.75) is 26.2 Å². The number of para-hydroxylation sites is 1. The molecule has 0 aliphatic carbocycles. The van der Waals surface area contributed by atoms with Gasteiger partial charge in [0.05, 0.1) is 17.9 Å². The van der Waals surface area contributed by atoms with Gasteiger partial charge in [0.15, 0.2) is 0 Å². The Labute approximate surface area is 164 Å². The second kappa shape index (κ2) is 10.7. The van der Waals surface area contributed by atoms with Crippen molar-refractivity contribution in [1.82, 2.24) is 10.2 Å². The Balaban J connectivity index is 1.89. The van der Waals surface area contributed by atoms with Gasteiger partial charge in [0.1, 0.15) is 11.6 Å². The first-order valence-corrected chi connectivity index (χ1v) is 9.25. The van der Waals surface area contributed by atoms with Crippen LogP contribution in [-0.2, 0) is 14.3 Å². The number of nitrogens with zero attached hydrogens (tertiary/aromatic N) is 2. The third-order valence-corrected chi connectivity index (χ3v) is 4.22. The number of nitriles is 1. The second-order valence-corrected chi connectivity index (χ2v) is 6.17. The quantitative estimate of drug-likeness (QED) is 0.291. The van der Waals surface area contributed by atoms with Crippen LogP contribution in [0.2, 0.25) is 0 Å². The number of benzene rings is 1. The first kappa shape index (κ1) is 21.0. The van der Waals surface area contributed by atoms with Crippen molar-refractivity contribution in [3.8, 4) is 6.07 Å². The zero-order valence-corrected chi connectivity index (χ0v) is 15.9. The number of rotatable bonds is 9. The van der Waals surface area contributed by atoms with Crippen LogP contribution in [0.1, 0.15) is 36.5 Å². The number of esters is 1. The Morgan fingerprint density at radius 2 is 2.14 bits per heavy atom. The fraction of sp³-hybridized carbons (Fsp3) is 0.400. The smallest absolute Gasteiger partial charge is 0.340 e. The highest BCUT2D eigenvalue weighted by molar-refractivity contribution is 5.98. The highest BCUT2D eigenvalue weighted by Crippen LogP contribution is 2.16. The van der Waals surface area contributed by atoms with Crippen molar-refractivity contribution in [1.29, 1.82) is 5.26 Å². The summed E-state index contributed by atoms with van der Waals surface area (Å²) in [7, 11) is 0. The molecule has 0 bridgehead atoms. The molecule has 28 heavy (non-hydrogen) atoms. The van der Waals surface area contributed by atoms with E-state index in [2.05, 4.69) is 10.6 Å². The van der Waals surface area contributed by atoms with Gasteiger partial charge in [-0.05, 0) is 31.9 Å². The van der Waals surface area contributed by atoms with Crippen molar-refractivity contribution >= 4 is 23.5 Å². The number of nitrogens with one attached hydrogen (secondary N) is 2. The lowest BCUT2D eigenvalue weighted by molar-refractivity contribution is -0.127. The van der Waals surface area contributed by atoms with Crippen molar-refractivity contribution in [3.63, 3.8) is 0 Å². The highest BCUT2D eigenvalue weighted by atomic mass is 16.5. The summed E-state index contributed by atoms with van der Waals surface area (Å²) < 4.78 is 4.99. The molecular weight excluding hydrogens is 360 g/mol. The minimum atomic E-state index is -0.517.